The Morgan fingerprint density at radius 3 is 2.31 bits per heavy atom. The Morgan fingerprint density at radius 1 is 0.923 bits per heavy atom. The summed E-state index contributed by atoms with van der Waals surface area (Å²) in [6.45, 7) is 0.0782. The van der Waals surface area contributed by atoms with Gasteiger partial charge in [-0.1, -0.05) is 0 Å². The summed E-state index contributed by atoms with van der Waals surface area (Å²) >= 11 is 0. The number of carbonyl (C=O) groups is 1. The number of nitrogens with zero attached hydrogens (tertiary/aromatic N) is 1. The van der Waals surface area contributed by atoms with Crippen molar-refractivity contribution in [3.63, 3.8) is 0 Å². The summed E-state index contributed by atoms with van der Waals surface area (Å²) in [7, 11) is 0.540. The lowest BCUT2D eigenvalue weighted by Gasteiger charge is -2.30. The number of sulfonamides is 1. The zero-order valence-electron chi connectivity index (χ0n) is 14.7. The quantitative estimate of drug-likeness (QED) is 0.796. The van der Waals surface area contributed by atoms with Crippen molar-refractivity contribution in [2.24, 2.45) is 0 Å². The van der Waals surface area contributed by atoms with Crippen molar-refractivity contribution in [2.75, 3.05) is 32.2 Å². The number of Topliss-reactive ketones (excluding diaryl/α,β-unsaturated/α-hetero) is 1. The van der Waals surface area contributed by atoms with Gasteiger partial charge < -0.3 is 14.2 Å². The van der Waals surface area contributed by atoms with Gasteiger partial charge in [0.15, 0.2) is 17.3 Å². The Morgan fingerprint density at radius 2 is 1.65 bits per heavy atom. The van der Waals surface area contributed by atoms with E-state index in [4.69, 9.17) is 14.2 Å². The first-order chi connectivity index (χ1) is 12.4. The zero-order chi connectivity index (χ0) is 18.9. The van der Waals surface area contributed by atoms with Crippen molar-refractivity contribution in [3.05, 3.63) is 42.0 Å². The van der Waals surface area contributed by atoms with E-state index >= 15 is 0 Å². The molecule has 0 saturated heterocycles. The van der Waals surface area contributed by atoms with Crippen molar-refractivity contribution in [1.29, 1.82) is 0 Å². The topological polar surface area (TPSA) is 82.1 Å². The van der Waals surface area contributed by atoms with Gasteiger partial charge in [0, 0.05) is 24.6 Å². The minimum Gasteiger partial charge on any atom is -0.497 e. The standard InChI is InChI=1S/C18H19NO6S/c1-23-12-4-6-15-14(10-12)16(20)8-9-19(15)26(21,22)13-5-7-17(24-2)18(11-13)25-3/h4-7,10-11H,8-9H2,1-3H3. The maximum atomic E-state index is 13.2. The molecule has 2 aromatic carbocycles. The number of hydrogen-bond acceptors (Lipinski definition) is 6. The lowest BCUT2D eigenvalue weighted by molar-refractivity contribution is 0.0981. The lowest BCUT2D eigenvalue weighted by Crippen LogP contribution is -2.37. The number of fused-ring (bicyclic) bond motifs is 1. The van der Waals surface area contributed by atoms with E-state index in [0.717, 1.165) is 0 Å². The van der Waals surface area contributed by atoms with E-state index < -0.39 is 10.0 Å². The van der Waals surface area contributed by atoms with E-state index in [1.54, 1.807) is 18.2 Å². The van der Waals surface area contributed by atoms with Gasteiger partial charge in [-0.25, -0.2) is 8.42 Å². The molecular weight excluding hydrogens is 358 g/mol. The van der Waals surface area contributed by atoms with Crippen LogP contribution >= 0.6 is 0 Å². The third-order valence-electron chi connectivity index (χ3n) is 4.26. The minimum absolute atomic E-state index is 0.0614. The number of anilines is 1. The molecule has 26 heavy (non-hydrogen) atoms. The largest absolute Gasteiger partial charge is 0.497 e. The van der Waals surface area contributed by atoms with E-state index in [1.807, 2.05) is 0 Å². The highest BCUT2D eigenvalue weighted by molar-refractivity contribution is 7.92. The van der Waals surface area contributed by atoms with Crippen molar-refractivity contribution < 1.29 is 27.4 Å². The summed E-state index contributed by atoms with van der Waals surface area (Å²) in [6.07, 6.45) is 0.104. The molecule has 7 nitrogen and oxygen atoms in total. The molecular formula is C18H19NO6S. The van der Waals surface area contributed by atoms with Crippen LogP contribution in [0, 0.1) is 0 Å². The first-order valence-electron chi connectivity index (χ1n) is 7.88. The first-order valence-corrected chi connectivity index (χ1v) is 9.32. The average molecular weight is 377 g/mol. The van der Waals surface area contributed by atoms with Gasteiger partial charge in [0.1, 0.15) is 5.75 Å². The molecule has 138 valence electrons. The number of carbonyl (C=O) groups excluding carboxylic acids is 1. The maximum absolute atomic E-state index is 13.2. The second-order valence-electron chi connectivity index (χ2n) is 5.65. The first kappa shape index (κ1) is 18.1. The fourth-order valence-corrected chi connectivity index (χ4v) is 4.40. The normalized spacial score (nSPS) is 14.0. The Balaban J connectivity index is 2.09. The second kappa shape index (κ2) is 6.87. The fraction of sp³-hybridized carbons (Fsp3) is 0.278. The summed E-state index contributed by atoms with van der Waals surface area (Å²) in [4.78, 5) is 12.3. The average Bonchev–Trinajstić information content (AvgIpc) is 2.67. The van der Waals surface area contributed by atoms with Crippen LogP contribution in [0.4, 0.5) is 5.69 Å². The smallest absolute Gasteiger partial charge is 0.264 e. The van der Waals surface area contributed by atoms with Gasteiger partial charge in [0.2, 0.25) is 0 Å². The molecule has 1 aliphatic heterocycles. The number of methoxy groups -OCH3 is 3. The molecule has 0 N–H and O–H groups in total. The highest BCUT2D eigenvalue weighted by Gasteiger charge is 2.33. The van der Waals surface area contributed by atoms with Crippen LogP contribution in [-0.2, 0) is 10.0 Å². The third-order valence-corrected chi connectivity index (χ3v) is 6.07. The third kappa shape index (κ3) is 2.96. The van der Waals surface area contributed by atoms with Gasteiger partial charge in [-0.05, 0) is 30.3 Å². The van der Waals surface area contributed by atoms with Crippen molar-refractivity contribution in [1.82, 2.24) is 0 Å². The lowest BCUT2D eigenvalue weighted by atomic mass is 10.0. The summed E-state index contributed by atoms with van der Waals surface area (Å²) in [5, 5.41) is 0. The van der Waals surface area contributed by atoms with E-state index in [0.29, 0.717) is 28.5 Å². The fourth-order valence-electron chi connectivity index (χ4n) is 2.90. The molecule has 1 aliphatic rings. The van der Waals surface area contributed by atoms with Crippen LogP contribution in [0.3, 0.4) is 0 Å². The van der Waals surface area contributed by atoms with Gasteiger partial charge in [-0.15, -0.1) is 0 Å². The number of benzene rings is 2. The molecule has 0 radical (unpaired) electrons. The Kier molecular flexibility index (Phi) is 4.78. The Hall–Kier alpha value is -2.74. The number of ether oxygens (including phenoxy) is 3. The molecule has 0 aliphatic carbocycles. The molecule has 2 aromatic rings. The summed E-state index contributed by atoms with van der Waals surface area (Å²) in [5.74, 6) is 1.14. The Bertz CT molecular complexity index is 954. The number of rotatable bonds is 5. The van der Waals surface area contributed by atoms with Gasteiger partial charge >= 0.3 is 0 Å². The van der Waals surface area contributed by atoms with Crippen molar-refractivity contribution >= 4 is 21.5 Å². The summed E-state index contributed by atoms with van der Waals surface area (Å²) in [5.41, 5.74) is 0.677. The predicted molar refractivity (Wildman–Crippen MR) is 96.0 cm³/mol. The van der Waals surface area contributed by atoms with Crippen LogP contribution in [0.25, 0.3) is 0 Å². The van der Waals surface area contributed by atoms with Crippen molar-refractivity contribution in [2.45, 2.75) is 11.3 Å². The zero-order valence-corrected chi connectivity index (χ0v) is 15.5. The molecule has 0 aromatic heterocycles. The molecule has 0 saturated carbocycles. The second-order valence-corrected chi connectivity index (χ2v) is 7.51. The highest BCUT2D eigenvalue weighted by Crippen LogP contribution is 2.36. The SMILES string of the molecule is COc1ccc2c(c1)C(=O)CCN2S(=O)(=O)c1ccc(OC)c(OC)c1. The summed E-state index contributed by atoms with van der Waals surface area (Å²) < 4.78 is 43.1. The molecule has 0 fully saturated rings. The van der Waals surface area contributed by atoms with Gasteiger partial charge in [-0.2, -0.15) is 0 Å². The van der Waals surface area contributed by atoms with Crippen LogP contribution in [0.15, 0.2) is 41.3 Å². The van der Waals surface area contributed by atoms with E-state index in [2.05, 4.69) is 0 Å². The van der Waals surface area contributed by atoms with Gasteiger partial charge in [-0.3, -0.25) is 9.10 Å². The van der Waals surface area contributed by atoms with Crippen molar-refractivity contribution in [3.8, 4) is 17.2 Å². The van der Waals surface area contributed by atoms with Gasteiger partial charge in [0.25, 0.3) is 10.0 Å². The van der Waals surface area contributed by atoms with Crippen LogP contribution in [0.5, 0.6) is 17.2 Å². The molecule has 0 amide bonds. The molecule has 0 atom stereocenters. The molecule has 0 bridgehead atoms. The number of ketones is 1. The molecule has 8 heteroatoms. The van der Waals surface area contributed by atoms with Crippen LogP contribution in [0.1, 0.15) is 16.8 Å². The van der Waals surface area contributed by atoms with Gasteiger partial charge in [0.05, 0.1) is 31.9 Å². The monoisotopic (exact) mass is 377 g/mol. The van der Waals surface area contributed by atoms with E-state index in [9.17, 15) is 13.2 Å². The minimum atomic E-state index is -3.87. The van der Waals surface area contributed by atoms with E-state index in [1.165, 1.54) is 43.8 Å². The molecule has 1 heterocycles. The molecule has 3 rings (SSSR count). The molecule has 0 unspecified atom stereocenters. The van der Waals surface area contributed by atoms with Crippen LogP contribution in [0.2, 0.25) is 0 Å². The Labute approximate surface area is 152 Å². The van der Waals surface area contributed by atoms with Crippen LogP contribution in [-0.4, -0.2) is 42.1 Å². The highest BCUT2D eigenvalue weighted by atomic mass is 32.2. The molecule has 0 spiro atoms. The summed E-state index contributed by atoms with van der Waals surface area (Å²) in [6, 6.07) is 9.19. The maximum Gasteiger partial charge on any atom is 0.264 e. The van der Waals surface area contributed by atoms with Crippen LogP contribution < -0.4 is 18.5 Å². The van der Waals surface area contributed by atoms with E-state index in [-0.39, 0.29) is 23.6 Å². The number of hydrogen-bond donors (Lipinski definition) is 0. The predicted octanol–water partition coefficient (Wildman–Crippen LogP) is 2.49.